The Bertz CT molecular complexity index is 1550. The first-order valence-corrected chi connectivity index (χ1v) is 12.0. The number of aromatic nitrogens is 2. The van der Waals surface area contributed by atoms with Crippen LogP contribution in [-0.4, -0.2) is 61.3 Å². The maximum atomic E-state index is 15.2. The summed E-state index contributed by atoms with van der Waals surface area (Å²) >= 11 is 0. The van der Waals surface area contributed by atoms with Crippen molar-refractivity contribution in [2.24, 2.45) is 0 Å². The minimum absolute atomic E-state index is 0.0411. The molecular formula is C28H25FN4O5. The number of halogens is 1. The van der Waals surface area contributed by atoms with Crippen LogP contribution in [0.5, 0.6) is 11.5 Å². The lowest BCUT2D eigenvalue weighted by molar-refractivity contribution is 0.0254. The maximum Gasteiger partial charge on any atom is 0.255 e. The smallest absolute Gasteiger partial charge is 0.255 e. The topological polar surface area (TPSA) is 111 Å². The van der Waals surface area contributed by atoms with Gasteiger partial charge in [-0.1, -0.05) is 6.07 Å². The summed E-state index contributed by atoms with van der Waals surface area (Å²) in [5.41, 5.74) is 2.17. The number of nitrogens with zero attached hydrogens (tertiary/aromatic N) is 4. The Kier molecular flexibility index (Phi) is 6.94. The molecule has 4 heterocycles. The first kappa shape index (κ1) is 25.2. The number of benzene rings is 1. The number of nitriles is 1. The number of hydrogen-bond donors (Lipinski definition) is 0. The molecule has 0 aliphatic carbocycles. The Balaban J connectivity index is 1.55. The van der Waals surface area contributed by atoms with Gasteiger partial charge in [-0.15, -0.1) is 0 Å². The predicted octanol–water partition coefficient (Wildman–Crippen LogP) is 4.84. The lowest BCUT2D eigenvalue weighted by Crippen LogP contribution is -2.26. The highest BCUT2D eigenvalue weighted by Gasteiger charge is 2.23. The first-order chi connectivity index (χ1) is 18.4. The number of carbonyl (C=O) groups is 1. The van der Waals surface area contributed by atoms with Crippen molar-refractivity contribution in [1.29, 1.82) is 5.26 Å². The average molecular weight is 517 g/mol. The van der Waals surface area contributed by atoms with Crippen LogP contribution < -0.4 is 9.47 Å². The summed E-state index contributed by atoms with van der Waals surface area (Å²) in [6.07, 6.45) is 3.98. The van der Waals surface area contributed by atoms with E-state index in [1.807, 2.05) is 0 Å². The van der Waals surface area contributed by atoms with Crippen LogP contribution in [0.25, 0.3) is 33.7 Å². The largest absolute Gasteiger partial charge is 0.494 e. The second-order valence-corrected chi connectivity index (χ2v) is 9.03. The van der Waals surface area contributed by atoms with Gasteiger partial charge in [0, 0.05) is 39.2 Å². The Morgan fingerprint density at radius 3 is 2.63 bits per heavy atom. The van der Waals surface area contributed by atoms with Gasteiger partial charge in [-0.3, -0.25) is 4.79 Å². The minimum Gasteiger partial charge on any atom is -0.494 e. The molecule has 9 nitrogen and oxygen atoms in total. The number of fused-ring (bicyclic) bond motifs is 1. The van der Waals surface area contributed by atoms with E-state index in [2.05, 4.69) is 16.0 Å². The summed E-state index contributed by atoms with van der Waals surface area (Å²) in [6, 6.07) is 10.3. The zero-order chi connectivity index (χ0) is 26.8. The monoisotopic (exact) mass is 516 g/mol. The van der Waals surface area contributed by atoms with E-state index in [4.69, 9.17) is 18.6 Å². The summed E-state index contributed by atoms with van der Waals surface area (Å²) in [5, 5.41) is 9.77. The fourth-order valence-corrected chi connectivity index (χ4v) is 4.35. The molecule has 1 aromatic carbocycles. The number of ether oxygens (including phenoxy) is 3. The molecule has 5 rings (SSSR count). The zero-order valence-electron chi connectivity index (χ0n) is 21.2. The first-order valence-electron chi connectivity index (χ1n) is 12.0. The van der Waals surface area contributed by atoms with E-state index in [1.54, 1.807) is 44.4 Å². The SMILES string of the molecule is COc1cc(C(=O)N(C)C)cnc1-c1cc2ncc(F)c(-c3ccc(OC4CCOCC4)c(C#N)c3)c2o1. The molecular weight excluding hydrogens is 491 g/mol. The molecule has 0 unspecified atom stereocenters. The van der Waals surface area contributed by atoms with Gasteiger partial charge in [-0.2, -0.15) is 5.26 Å². The molecule has 0 N–H and O–H groups in total. The van der Waals surface area contributed by atoms with Crippen molar-refractivity contribution in [1.82, 2.24) is 14.9 Å². The Hall–Kier alpha value is -4.49. The van der Waals surface area contributed by atoms with E-state index in [-0.39, 0.29) is 28.7 Å². The van der Waals surface area contributed by atoms with Gasteiger partial charge in [0.15, 0.2) is 17.2 Å². The highest BCUT2D eigenvalue weighted by Crippen LogP contribution is 2.39. The lowest BCUT2D eigenvalue weighted by atomic mass is 10.0. The molecule has 0 atom stereocenters. The van der Waals surface area contributed by atoms with Crippen molar-refractivity contribution < 1.29 is 27.8 Å². The molecule has 0 radical (unpaired) electrons. The third-order valence-corrected chi connectivity index (χ3v) is 6.31. The molecule has 1 fully saturated rings. The lowest BCUT2D eigenvalue weighted by Gasteiger charge is -2.23. The number of amides is 1. The van der Waals surface area contributed by atoms with Crippen molar-refractivity contribution in [3.8, 4) is 40.1 Å². The minimum atomic E-state index is -0.604. The van der Waals surface area contributed by atoms with E-state index >= 15 is 4.39 Å². The van der Waals surface area contributed by atoms with E-state index < -0.39 is 5.82 Å². The molecule has 10 heteroatoms. The fraction of sp³-hybridized carbons (Fsp3) is 0.286. The van der Waals surface area contributed by atoms with Crippen molar-refractivity contribution in [3.63, 3.8) is 0 Å². The van der Waals surface area contributed by atoms with Gasteiger partial charge in [0.2, 0.25) is 0 Å². The highest BCUT2D eigenvalue weighted by molar-refractivity contribution is 5.95. The molecule has 194 valence electrons. The van der Waals surface area contributed by atoms with Crippen molar-refractivity contribution in [2.45, 2.75) is 18.9 Å². The van der Waals surface area contributed by atoms with Gasteiger partial charge in [0.05, 0.1) is 43.2 Å². The van der Waals surface area contributed by atoms with Crippen LogP contribution in [0.15, 0.2) is 47.1 Å². The van der Waals surface area contributed by atoms with Crippen LogP contribution in [0, 0.1) is 17.1 Å². The number of furan rings is 1. The van der Waals surface area contributed by atoms with E-state index in [0.717, 1.165) is 19.0 Å². The van der Waals surface area contributed by atoms with Gasteiger partial charge in [-0.05, 0) is 23.8 Å². The number of hydrogen-bond acceptors (Lipinski definition) is 8. The maximum absolute atomic E-state index is 15.2. The van der Waals surface area contributed by atoms with Gasteiger partial charge >= 0.3 is 0 Å². The second-order valence-electron chi connectivity index (χ2n) is 9.03. The summed E-state index contributed by atoms with van der Waals surface area (Å²) < 4.78 is 38.1. The molecule has 0 bridgehead atoms. The molecule has 38 heavy (non-hydrogen) atoms. The third-order valence-electron chi connectivity index (χ3n) is 6.31. The average Bonchev–Trinajstić information content (AvgIpc) is 3.37. The van der Waals surface area contributed by atoms with Crippen molar-refractivity contribution >= 4 is 17.0 Å². The number of methoxy groups -OCH3 is 1. The van der Waals surface area contributed by atoms with Crippen LogP contribution in [0.4, 0.5) is 4.39 Å². The van der Waals surface area contributed by atoms with E-state index in [0.29, 0.717) is 52.8 Å². The van der Waals surface area contributed by atoms with Crippen LogP contribution in [0.1, 0.15) is 28.8 Å². The summed E-state index contributed by atoms with van der Waals surface area (Å²) in [5.74, 6) is 0.221. The molecule has 1 saturated heterocycles. The summed E-state index contributed by atoms with van der Waals surface area (Å²) in [4.78, 5) is 22.3. The Morgan fingerprint density at radius 2 is 1.92 bits per heavy atom. The fourth-order valence-electron chi connectivity index (χ4n) is 4.35. The number of rotatable bonds is 6. The van der Waals surface area contributed by atoms with Crippen molar-refractivity contribution in [3.05, 3.63) is 59.7 Å². The quantitative estimate of drug-likeness (QED) is 0.358. The van der Waals surface area contributed by atoms with E-state index in [9.17, 15) is 10.1 Å². The highest BCUT2D eigenvalue weighted by atomic mass is 19.1. The normalized spacial score (nSPS) is 13.8. The van der Waals surface area contributed by atoms with Gasteiger partial charge in [0.1, 0.15) is 34.9 Å². The molecule has 0 spiro atoms. The van der Waals surface area contributed by atoms with E-state index in [1.165, 1.54) is 18.2 Å². The summed E-state index contributed by atoms with van der Waals surface area (Å²) in [6.45, 7) is 1.22. The molecule has 1 amide bonds. The standard InChI is InChI=1S/C28H25FN4O5/c1-33(2)28(34)18-11-23(35-3)26(32-14-18)24-12-21-27(38-24)25(20(29)15-31-21)16-4-5-22(17(10-16)13-30)37-19-6-8-36-9-7-19/h4-5,10-12,14-15,19H,6-9H2,1-3H3. The van der Waals surface area contributed by atoms with Crippen LogP contribution in [-0.2, 0) is 4.74 Å². The van der Waals surface area contributed by atoms with Gasteiger partial charge < -0.3 is 23.5 Å². The van der Waals surface area contributed by atoms with Crippen LogP contribution in [0.2, 0.25) is 0 Å². The number of carbonyl (C=O) groups excluding carboxylic acids is 1. The van der Waals surface area contributed by atoms with Crippen LogP contribution >= 0.6 is 0 Å². The van der Waals surface area contributed by atoms with Crippen molar-refractivity contribution in [2.75, 3.05) is 34.4 Å². The molecule has 1 aliphatic rings. The molecule has 1 aliphatic heterocycles. The second kappa shape index (κ2) is 10.5. The predicted molar refractivity (Wildman–Crippen MR) is 136 cm³/mol. The van der Waals surface area contributed by atoms with Gasteiger partial charge in [-0.25, -0.2) is 14.4 Å². The third kappa shape index (κ3) is 4.76. The van der Waals surface area contributed by atoms with Gasteiger partial charge in [0.25, 0.3) is 5.91 Å². The summed E-state index contributed by atoms with van der Waals surface area (Å²) in [7, 11) is 4.75. The molecule has 4 aromatic rings. The number of pyridine rings is 2. The van der Waals surface area contributed by atoms with Crippen LogP contribution in [0.3, 0.4) is 0 Å². The molecule has 3 aromatic heterocycles. The Morgan fingerprint density at radius 1 is 1.13 bits per heavy atom. The molecule has 0 saturated carbocycles. The zero-order valence-corrected chi connectivity index (χ0v) is 21.2. The Labute approximate surface area is 218 Å².